The van der Waals surface area contributed by atoms with E-state index in [2.05, 4.69) is 4.90 Å². The van der Waals surface area contributed by atoms with Gasteiger partial charge in [-0.25, -0.2) is 0 Å². The number of anilines is 1. The van der Waals surface area contributed by atoms with Crippen LogP contribution in [0.3, 0.4) is 0 Å². The summed E-state index contributed by atoms with van der Waals surface area (Å²) in [5, 5.41) is 7.75. The van der Waals surface area contributed by atoms with Gasteiger partial charge in [-0.15, -0.1) is 11.8 Å². The smallest absolute Gasteiger partial charge is 0.126 e. The van der Waals surface area contributed by atoms with Gasteiger partial charge in [0.05, 0.1) is 18.8 Å². The van der Waals surface area contributed by atoms with Crippen LogP contribution >= 0.6 is 11.8 Å². The van der Waals surface area contributed by atoms with Crippen LogP contribution in [0.15, 0.2) is 23.1 Å². The largest absolute Gasteiger partial charge is 0.384 e. The molecule has 0 unspecified atom stereocenters. The Bertz CT molecular complexity index is 416. The van der Waals surface area contributed by atoms with Crippen molar-refractivity contribution in [2.75, 3.05) is 37.5 Å². The fourth-order valence-electron chi connectivity index (χ4n) is 2.03. The number of ether oxygens (including phenoxy) is 1. The third-order valence-electron chi connectivity index (χ3n) is 2.85. The summed E-state index contributed by atoms with van der Waals surface area (Å²) < 4.78 is 5.35. The van der Waals surface area contributed by atoms with Gasteiger partial charge in [-0.1, -0.05) is 6.07 Å². The maximum atomic E-state index is 7.75. The van der Waals surface area contributed by atoms with E-state index in [9.17, 15) is 0 Å². The summed E-state index contributed by atoms with van der Waals surface area (Å²) in [6, 6.07) is 6.05. The third kappa shape index (κ3) is 2.56. The maximum absolute atomic E-state index is 7.75. The van der Waals surface area contributed by atoms with Crippen LogP contribution in [0.1, 0.15) is 5.56 Å². The predicted molar refractivity (Wildman–Crippen MR) is 72.3 cm³/mol. The molecule has 1 aromatic carbocycles. The second kappa shape index (κ2) is 5.42. The molecule has 92 valence electrons. The Morgan fingerprint density at radius 3 is 2.71 bits per heavy atom. The van der Waals surface area contributed by atoms with E-state index in [4.69, 9.17) is 15.9 Å². The van der Waals surface area contributed by atoms with Gasteiger partial charge in [-0.05, 0) is 18.4 Å². The SMILES string of the molecule is CSc1cccc(N2CCOCC2)c1C(=N)N. The molecule has 17 heavy (non-hydrogen) atoms. The monoisotopic (exact) mass is 251 g/mol. The fraction of sp³-hybridized carbons (Fsp3) is 0.417. The number of benzene rings is 1. The van der Waals surface area contributed by atoms with Gasteiger partial charge in [-0.3, -0.25) is 5.41 Å². The van der Waals surface area contributed by atoms with Crippen molar-refractivity contribution in [3.05, 3.63) is 23.8 Å². The van der Waals surface area contributed by atoms with Crippen molar-refractivity contribution in [1.29, 1.82) is 5.41 Å². The van der Waals surface area contributed by atoms with Gasteiger partial charge in [0.15, 0.2) is 0 Å². The number of hydrogen-bond donors (Lipinski definition) is 2. The van der Waals surface area contributed by atoms with Gasteiger partial charge in [-0.2, -0.15) is 0 Å². The van der Waals surface area contributed by atoms with Gasteiger partial charge in [0.25, 0.3) is 0 Å². The number of nitrogens with zero attached hydrogens (tertiary/aromatic N) is 1. The Balaban J connectivity index is 2.40. The Labute approximate surface area is 106 Å². The highest BCUT2D eigenvalue weighted by molar-refractivity contribution is 7.98. The molecule has 5 heteroatoms. The highest BCUT2D eigenvalue weighted by Crippen LogP contribution is 2.29. The van der Waals surface area contributed by atoms with Crippen LogP contribution in [-0.4, -0.2) is 38.4 Å². The van der Waals surface area contributed by atoms with Crippen LogP contribution in [0.4, 0.5) is 5.69 Å². The van der Waals surface area contributed by atoms with Crippen LogP contribution in [-0.2, 0) is 4.74 Å². The van der Waals surface area contributed by atoms with Crippen LogP contribution in [0, 0.1) is 5.41 Å². The molecule has 0 aliphatic carbocycles. The number of morpholine rings is 1. The van der Waals surface area contributed by atoms with Gasteiger partial charge >= 0.3 is 0 Å². The topological polar surface area (TPSA) is 62.3 Å². The van der Waals surface area contributed by atoms with E-state index in [0.717, 1.165) is 42.4 Å². The number of amidine groups is 1. The standard InChI is InChI=1S/C12H17N3OS/c1-17-10-4-2-3-9(11(10)12(13)14)15-5-7-16-8-6-15/h2-4H,5-8H2,1H3,(H3,13,14). The number of nitrogens with one attached hydrogen (secondary N) is 1. The molecule has 0 spiro atoms. The van der Waals surface area contributed by atoms with Crippen molar-refractivity contribution in [1.82, 2.24) is 0 Å². The molecular weight excluding hydrogens is 234 g/mol. The van der Waals surface area contributed by atoms with Crippen molar-refractivity contribution in [2.45, 2.75) is 4.90 Å². The summed E-state index contributed by atoms with van der Waals surface area (Å²) >= 11 is 1.62. The molecule has 4 nitrogen and oxygen atoms in total. The van der Waals surface area contributed by atoms with Crippen LogP contribution in [0.25, 0.3) is 0 Å². The number of hydrogen-bond acceptors (Lipinski definition) is 4. The Hall–Kier alpha value is -1.20. The van der Waals surface area contributed by atoms with Crippen LogP contribution in [0.2, 0.25) is 0 Å². The minimum atomic E-state index is 0.136. The molecule has 0 atom stereocenters. The van der Waals surface area contributed by atoms with Crippen molar-refractivity contribution in [3.8, 4) is 0 Å². The lowest BCUT2D eigenvalue weighted by molar-refractivity contribution is 0.122. The zero-order chi connectivity index (χ0) is 12.3. The lowest BCUT2D eigenvalue weighted by atomic mass is 10.1. The van der Waals surface area contributed by atoms with Crippen molar-refractivity contribution < 1.29 is 4.74 Å². The third-order valence-corrected chi connectivity index (χ3v) is 3.63. The van der Waals surface area contributed by atoms with Gasteiger partial charge < -0.3 is 15.4 Å². The molecule has 0 aromatic heterocycles. The molecule has 0 saturated carbocycles. The lowest BCUT2D eigenvalue weighted by Crippen LogP contribution is -2.37. The minimum absolute atomic E-state index is 0.136. The molecule has 1 aliphatic rings. The van der Waals surface area contributed by atoms with Crippen molar-refractivity contribution >= 4 is 23.3 Å². The van der Waals surface area contributed by atoms with E-state index in [0.29, 0.717) is 0 Å². The lowest BCUT2D eigenvalue weighted by Gasteiger charge is -2.31. The summed E-state index contributed by atoms with van der Waals surface area (Å²) in [5.41, 5.74) is 7.61. The molecule has 2 rings (SSSR count). The Morgan fingerprint density at radius 1 is 1.41 bits per heavy atom. The molecule has 1 aliphatic heterocycles. The van der Waals surface area contributed by atoms with E-state index < -0.39 is 0 Å². The summed E-state index contributed by atoms with van der Waals surface area (Å²) in [7, 11) is 0. The zero-order valence-corrected chi connectivity index (χ0v) is 10.7. The average Bonchev–Trinajstić information content (AvgIpc) is 2.38. The van der Waals surface area contributed by atoms with Gasteiger partial charge in [0, 0.05) is 23.7 Å². The first-order chi connectivity index (χ1) is 8.24. The predicted octanol–water partition coefficient (Wildman–Crippen LogP) is 1.53. The number of rotatable bonds is 3. The first kappa shape index (κ1) is 12.3. The van der Waals surface area contributed by atoms with E-state index in [1.165, 1.54) is 0 Å². The summed E-state index contributed by atoms with van der Waals surface area (Å²) in [4.78, 5) is 3.29. The van der Waals surface area contributed by atoms with Crippen LogP contribution in [0.5, 0.6) is 0 Å². The highest BCUT2D eigenvalue weighted by atomic mass is 32.2. The number of nitrogen functional groups attached to an aromatic ring is 1. The summed E-state index contributed by atoms with van der Waals surface area (Å²) in [6.07, 6.45) is 2.00. The van der Waals surface area contributed by atoms with E-state index in [1.54, 1.807) is 11.8 Å². The van der Waals surface area contributed by atoms with E-state index in [1.807, 2.05) is 24.5 Å². The van der Waals surface area contributed by atoms with E-state index >= 15 is 0 Å². The molecule has 1 fully saturated rings. The van der Waals surface area contributed by atoms with E-state index in [-0.39, 0.29) is 5.84 Å². The van der Waals surface area contributed by atoms with Gasteiger partial charge in [0.2, 0.25) is 0 Å². The molecule has 1 aromatic rings. The number of thioether (sulfide) groups is 1. The molecule has 3 N–H and O–H groups in total. The summed E-state index contributed by atoms with van der Waals surface area (Å²) in [5.74, 6) is 0.136. The molecule has 1 saturated heterocycles. The van der Waals surface area contributed by atoms with Gasteiger partial charge in [0.1, 0.15) is 5.84 Å². The quantitative estimate of drug-likeness (QED) is 0.486. The van der Waals surface area contributed by atoms with Crippen molar-refractivity contribution in [2.24, 2.45) is 5.73 Å². The van der Waals surface area contributed by atoms with Crippen LogP contribution < -0.4 is 10.6 Å². The van der Waals surface area contributed by atoms with Crippen molar-refractivity contribution in [3.63, 3.8) is 0 Å². The Kier molecular flexibility index (Phi) is 3.91. The summed E-state index contributed by atoms with van der Waals surface area (Å²) in [6.45, 7) is 3.19. The average molecular weight is 251 g/mol. The minimum Gasteiger partial charge on any atom is -0.384 e. The zero-order valence-electron chi connectivity index (χ0n) is 9.90. The molecule has 0 bridgehead atoms. The molecule has 0 radical (unpaired) electrons. The normalized spacial score (nSPS) is 15.9. The first-order valence-corrected chi connectivity index (χ1v) is 6.80. The maximum Gasteiger partial charge on any atom is 0.126 e. The molecule has 1 heterocycles. The molecular formula is C12H17N3OS. The second-order valence-electron chi connectivity index (χ2n) is 3.87. The Morgan fingerprint density at radius 2 is 2.12 bits per heavy atom. The fourth-order valence-corrected chi connectivity index (χ4v) is 2.66. The number of nitrogens with two attached hydrogens (primary N) is 1. The molecule has 0 amide bonds. The second-order valence-corrected chi connectivity index (χ2v) is 4.72. The highest BCUT2D eigenvalue weighted by Gasteiger charge is 2.18. The first-order valence-electron chi connectivity index (χ1n) is 5.58.